The number of nitrogens with two attached hydrogens (primary N) is 1. The van der Waals surface area contributed by atoms with E-state index in [1.807, 2.05) is 30.3 Å². The molecule has 0 saturated carbocycles. The zero-order chi connectivity index (χ0) is 14.9. The average Bonchev–Trinajstić information content (AvgIpc) is 2.92. The van der Waals surface area contributed by atoms with Crippen molar-refractivity contribution < 1.29 is 9.53 Å². The predicted octanol–water partition coefficient (Wildman–Crippen LogP) is -0.0255. The molecule has 21 heavy (non-hydrogen) atoms. The van der Waals surface area contributed by atoms with Crippen LogP contribution in [0.25, 0.3) is 0 Å². The highest BCUT2D eigenvalue weighted by molar-refractivity contribution is 5.75. The molecule has 1 aromatic heterocycles. The number of ether oxygens (including phenoxy) is 1. The van der Waals surface area contributed by atoms with Gasteiger partial charge < -0.3 is 15.8 Å². The van der Waals surface area contributed by atoms with Gasteiger partial charge in [0.05, 0.1) is 12.2 Å². The van der Waals surface area contributed by atoms with Crippen LogP contribution in [0.5, 0.6) is 5.75 Å². The highest BCUT2D eigenvalue weighted by Gasteiger charge is 2.05. The molecule has 1 amide bonds. The molecular weight excluding hydrogens is 270 g/mol. The van der Waals surface area contributed by atoms with Gasteiger partial charge in [-0.2, -0.15) is 0 Å². The topological polar surface area (TPSA) is 95.1 Å². The number of nitrogens with zero attached hydrogens (tertiary/aromatic N) is 3. The molecule has 1 heterocycles. The Hall–Kier alpha value is -2.41. The third kappa shape index (κ3) is 5.23. The summed E-state index contributed by atoms with van der Waals surface area (Å²) in [5.41, 5.74) is 6.22. The quantitative estimate of drug-likeness (QED) is 0.666. The summed E-state index contributed by atoms with van der Waals surface area (Å²) in [6, 6.07) is 9.47. The number of hydrogen-bond donors (Lipinski definition) is 2. The van der Waals surface area contributed by atoms with E-state index in [-0.39, 0.29) is 12.5 Å². The molecule has 7 heteroatoms. The van der Waals surface area contributed by atoms with Crippen LogP contribution in [-0.2, 0) is 17.8 Å². The van der Waals surface area contributed by atoms with Gasteiger partial charge in [-0.05, 0) is 18.7 Å². The third-order valence-electron chi connectivity index (χ3n) is 2.73. The second-order valence-corrected chi connectivity index (χ2v) is 4.46. The molecule has 3 N–H and O–H groups in total. The van der Waals surface area contributed by atoms with E-state index in [2.05, 4.69) is 15.6 Å². The average molecular weight is 289 g/mol. The van der Waals surface area contributed by atoms with Crippen molar-refractivity contribution in [2.24, 2.45) is 5.73 Å². The number of carbonyl (C=O) groups excluding carboxylic acids is 1. The Labute approximate surface area is 123 Å². The molecular formula is C14H19N5O2. The summed E-state index contributed by atoms with van der Waals surface area (Å²) in [6.07, 6.45) is 2.39. The van der Waals surface area contributed by atoms with Gasteiger partial charge in [0.2, 0.25) is 5.91 Å². The molecule has 112 valence electrons. The standard InChI is InChI=1S/C14H19N5O2/c15-7-6-12-10-19(18-17-12)11-14(20)16-8-9-21-13-4-2-1-3-5-13/h1-5,10H,6-9,11,15H2,(H,16,20). The van der Waals surface area contributed by atoms with E-state index in [0.717, 1.165) is 11.4 Å². The monoisotopic (exact) mass is 289 g/mol. The Bertz CT molecular complexity index is 556. The third-order valence-corrected chi connectivity index (χ3v) is 2.73. The summed E-state index contributed by atoms with van der Waals surface area (Å²) >= 11 is 0. The van der Waals surface area contributed by atoms with Gasteiger partial charge in [0, 0.05) is 12.6 Å². The van der Waals surface area contributed by atoms with Crippen LogP contribution in [0.3, 0.4) is 0 Å². The number of nitrogens with one attached hydrogen (secondary N) is 1. The van der Waals surface area contributed by atoms with Crippen LogP contribution in [0.1, 0.15) is 5.69 Å². The SMILES string of the molecule is NCCc1cn(CC(=O)NCCOc2ccccc2)nn1. The van der Waals surface area contributed by atoms with Crippen LogP contribution in [0, 0.1) is 0 Å². The summed E-state index contributed by atoms with van der Waals surface area (Å²) < 4.78 is 6.98. The first-order valence-corrected chi connectivity index (χ1v) is 6.81. The van der Waals surface area contributed by atoms with Crippen LogP contribution < -0.4 is 15.8 Å². The van der Waals surface area contributed by atoms with Gasteiger partial charge in [0.25, 0.3) is 0 Å². The van der Waals surface area contributed by atoms with Crippen molar-refractivity contribution in [3.63, 3.8) is 0 Å². The first-order chi connectivity index (χ1) is 10.3. The molecule has 0 spiro atoms. The maximum Gasteiger partial charge on any atom is 0.241 e. The van der Waals surface area contributed by atoms with Gasteiger partial charge in [-0.1, -0.05) is 23.4 Å². The van der Waals surface area contributed by atoms with Gasteiger partial charge in [-0.3, -0.25) is 4.79 Å². The van der Waals surface area contributed by atoms with E-state index in [1.165, 1.54) is 4.68 Å². The van der Waals surface area contributed by atoms with Gasteiger partial charge in [-0.15, -0.1) is 5.10 Å². The van der Waals surface area contributed by atoms with Crippen molar-refractivity contribution in [1.29, 1.82) is 0 Å². The maximum atomic E-state index is 11.7. The highest BCUT2D eigenvalue weighted by atomic mass is 16.5. The fraction of sp³-hybridized carbons (Fsp3) is 0.357. The molecule has 0 aliphatic heterocycles. The molecule has 0 unspecified atom stereocenters. The molecule has 0 aliphatic rings. The number of benzene rings is 1. The Kier molecular flexibility index (Phi) is 5.71. The minimum atomic E-state index is -0.129. The van der Waals surface area contributed by atoms with E-state index in [1.54, 1.807) is 6.20 Å². The predicted molar refractivity (Wildman–Crippen MR) is 77.7 cm³/mol. The summed E-state index contributed by atoms with van der Waals surface area (Å²) in [6.45, 7) is 1.52. The Morgan fingerprint density at radius 2 is 2.14 bits per heavy atom. The molecule has 0 radical (unpaired) electrons. The lowest BCUT2D eigenvalue weighted by Crippen LogP contribution is -2.31. The molecule has 0 bridgehead atoms. The minimum absolute atomic E-state index is 0.129. The van der Waals surface area contributed by atoms with E-state index >= 15 is 0 Å². The van der Waals surface area contributed by atoms with Crippen molar-refractivity contribution in [3.05, 3.63) is 42.2 Å². The van der Waals surface area contributed by atoms with Crippen LogP contribution in [0.4, 0.5) is 0 Å². The molecule has 0 atom stereocenters. The molecule has 7 nitrogen and oxygen atoms in total. The molecule has 2 aromatic rings. The van der Waals surface area contributed by atoms with Crippen LogP contribution in [0.15, 0.2) is 36.5 Å². The van der Waals surface area contributed by atoms with Crippen LogP contribution >= 0.6 is 0 Å². The number of aromatic nitrogens is 3. The summed E-state index contributed by atoms with van der Waals surface area (Å²) in [5.74, 6) is 0.658. The Balaban J connectivity index is 1.65. The summed E-state index contributed by atoms with van der Waals surface area (Å²) in [7, 11) is 0. The van der Waals surface area contributed by atoms with Gasteiger partial charge in [-0.25, -0.2) is 4.68 Å². The Morgan fingerprint density at radius 3 is 2.90 bits per heavy atom. The summed E-state index contributed by atoms with van der Waals surface area (Å²) in [4.78, 5) is 11.7. The zero-order valence-corrected chi connectivity index (χ0v) is 11.7. The normalized spacial score (nSPS) is 10.3. The summed E-state index contributed by atoms with van der Waals surface area (Å²) in [5, 5.41) is 10.6. The lowest BCUT2D eigenvalue weighted by atomic mass is 10.3. The lowest BCUT2D eigenvalue weighted by molar-refractivity contribution is -0.121. The second-order valence-electron chi connectivity index (χ2n) is 4.46. The number of carbonyl (C=O) groups is 1. The molecule has 1 aromatic carbocycles. The van der Waals surface area contributed by atoms with E-state index < -0.39 is 0 Å². The van der Waals surface area contributed by atoms with E-state index in [9.17, 15) is 4.79 Å². The minimum Gasteiger partial charge on any atom is -0.492 e. The van der Waals surface area contributed by atoms with Crippen molar-refractivity contribution in [2.75, 3.05) is 19.7 Å². The van der Waals surface area contributed by atoms with Gasteiger partial charge in [0.15, 0.2) is 0 Å². The first kappa shape index (κ1) is 15.0. The van der Waals surface area contributed by atoms with Crippen LogP contribution in [0.2, 0.25) is 0 Å². The lowest BCUT2D eigenvalue weighted by Gasteiger charge is -2.07. The number of para-hydroxylation sites is 1. The van der Waals surface area contributed by atoms with Crippen molar-refractivity contribution in [2.45, 2.75) is 13.0 Å². The maximum absolute atomic E-state index is 11.7. The van der Waals surface area contributed by atoms with Gasteiger partial charge in [0.1, 0.15) is 18.9 Å². The second kappa shape index (κ2) is 8.01. The van der Waals surface area contributed by atoms with Gasteiger partial charge >= 0.3 is 0 Å². The largest absolute Gasteiger partial charge is 0.492 e. The van der Waals surface area contributed by atoms with E-state index in [4.69, 9.17) is 10.5 Å². The number of amides is 1. The van der Waals surface area contributed by atoms with E-state index in [0.29, 0.717) is 26.1 Å². The fourth-order valence-electron chi connectivity index (χ4n) is 1.76. The molecule has 0 fully saturated rings. The Morgan fingerprint density at radius 1 is 1.33 bits per heavy atom. The number of hydrogen-bond acceptors (Lipinski definition) is 5. The molecule has 0 aliphatic carbocycles. The molecule has 0 saturated heterocycles. The highest BCUT2D eigenvalue weighted by Crippen LogP contribution is 2.07. The van der Waals surface area contributed by atoms with Crippen molar-refractivity contribution in [1.82, 2.24) is 20.3 Å². The fourth-order valence-corrected chi connectivity index (χ4v) is 1.76. The van der Waals surface area contributed by atoms with Crippen molar-refractivity contribution in [3.8, 4) is 5.75 Å². The molecule has 2 rings (SSSR count). The van der Waals surface area contributed by atoms with Crippen molar-refractivity contribution >= 4 is 5.91 Å². The first-order valence-electron chi connectivity index (χ1n) is 6.81. The zero-order valence-electron chi connectivity index (χ0n) is 11.7. The number of rotatable bonds is 8. The van der Waals surface area contributed by atoms with Crippen LogP contribution in [-0.4, -0.2) is 40.6 Å². The smallest absolute Gasteiger partial charge is 0.241 e.